The Hall–Kier alpha value is -1.42. The van der Waals surface area contributed by atoms with Crippen molar-refractivity contribution < 1.29 is 0 Å². The van der Waals surface area contributed by atoms with Crippen LogP contribution in [0.15, 0.2) is 24.5 Å². The van der Waals surface area contributed by atoms with Crippen molar-refractivity contribution in [1.29, 1.82) is 0 Å². The molecular weight excluding hydrogens is 212 g/mol. The second-order valence-electron chi connectivity index (χ2n) is 4.83. The summed E-state index contributed by atoms with van der Waals surface area (Å²) in [4.78, 5) is 10.9. The van der Waals surface area contributed by atoms with Gasteiger partial charge in [0.1, 0.15) is 5.82 Å². The van der Waals surface area contributed by atoms with E-state index in [1.54, 1.807) is 0 Å². The lowest BCUT2D eigenvalue weighted by atomic mass is 10.3. The van der Waals surface area contributed by atoms with Gasteiger partial charge in [0.15, 0.2) is 0 Å². The molecule has 2 rings (SSSR count). The number of nitrogens with zero attached hydrogens (tertiary/aromatic N) is 3. The van der Waals surface area contributed by atoms with Crippen LogP contribution in [-0.4, -0.2) is 29.6 Å². The Kier molecular flexibility index (Phi) is 3.74. The lowest BCUT2D eigenvalue weighted by Crippen LogP contribution is -2.21. The lowest BCUT2D eigenvalue weighted by molar-refractivity contribution is 0.671. The molecule has 0 amide bonds. The van der Waals surface area contributed by atoms with Crippen LogP contribution >= 0.6 is 0 Å². The lowest BCUT2D eigenvalue weighted by Gasteiger charge is -2.17. The highest BCUT2D eigenvalue weighted by Crippen LogP contribution is 2.19. The summed E-state index contributed by atoms with van der Waals surface area (Å²) in [6, 6.07) is 0.711. The number of hydrogen-bond acceptors (Lipinski definition) is 4. The molecule has 1 fully saturated rings. The van der Waals surface area contributed by atoms with E-state index in [-0.39, 0.29) is 0 Å². The molecule has 1 aliphatic carbocycles. The molecule has 92 valence electrons. The maximum Gasteiger partial charge on any atom is 0.147 e. The zero-order valence-electron chi connectivity index (χ0n) is 10.6. The molecular formula is C13H20N4. The molecule has 1 heterocycles. The number of rotatable bonds is 6. The van der Waals surface area contributed by atoms with E-state index < -0.39 is 0 Å². The Morgan fingerprint density at radius 3 is 2.76 bits per heavy atom. The minimum absolute atomic E-state index is 0.711. The fourth-order valence-electron chi connectivity index (χ4n) is 1.66. The fraction of sp³-hybridized carbons (Fsp3) is 0.538. The minimum atomic E-state index is 0.711. The number of nitrogens with one attached hydrogen (secondary N) is 1. The van der Waals surface area contributed by atoms with E-state index in [1.807, 2.05) is 31.3 Å². The summed E-state index contributed by atoms with van der Waals surface area (Å²) in [6.07, 6.45) is 6.27. The number of anilines is 1. The molecule has 0 atom stereocenters. The molecule has 0 radical (unpaired) electrons. The average molecular weight is 232 g/mol. The van der Waals surface area contributed by atoms with E-state index >= 15 is 0 Å². The SMILES string of the molecule is C=C(C)CN(C)c1cnc(CNC2CC2)cn1. The summed E-state index contributed by atoms with van der Waals surface area (Å²) < 4.78 is 0. The van der Waals surface area contributed by atoms with Crippen LogP contribution in [0.3, 0.4) is 0 Å². The molecule has 1 saturated carbocycles. The predicted octanol–water partition coefficient (Wildman–Crippen LogP) is 1.74. The van der Waals surface area contributed by atoms with Gasteiger partial charge in [0.25, 0.3) is 0 Å². The second-order valence-corrected chi connectivity index (χ2v) is 4.83. The van der Waals surface area contributed by atoms with Gasteiger partial charge in [-0.3, -0.25) is 4.98 Å². The molecule has 1 aliphatic rings. The third-order valence-corrected chi connectivity index (χ3v) is 2.74. The molecule has 17 heavy (non-hydrogen) atoms. The van der Waals surface area contributed by atoms with Gasteiger partial charge in [0.2, 0.25) is 0 Å². The standard InChI is InChI=1S/C13H20N4/c1-10(2)9-17(3)13-8-15-12(7-16-13)6-14-11-4-5-11/h7-8,11,14H,1,4-6,9H2,2-3H3. The highest BCUT2D eigenvalue weighted by Gasteiger charge is 2.20. The van der Waals surface area contributed by atoms with Gasteiger partial charge in [0.05, 0.1) is 18.1 Å². The predicted molar refractivity (Wildman–Crippen MR) is 70.0 cm³/mol. The maximum absolute atomic E-state index is 4.41. The van der Waals surface area contributed by atoms with Crippen molar-refractivity contribution in [2.75, 3.05) is 18.5 Å². The van der Waals surface area contributed by atoms with Crippen molar-refractivity contribution in [3.63, 3.8) is 0 Å². The van der Waals surface area contributed by atoms with Crippen LogP contribution in [0.2, 0.25) is 0 Å². The highest BCUT2D eigenvalue weighted by molar-refractivity contribution is 5.36. The maximum atomic E-state index is 4.41. The minimum Gasteiger partial charge on any atom is -0.354 e. The smallest absolute Gasteiger partial charge is 0.147 e. The van der Waals surface area contributed by atoms with Crippen LogP contribution in [0.1, 0.15) is 25.5 Å². The van der Waals surface area contributed by atoms with Crippen molar-refractivity contribution in [3.05, 3.63) is 30.2 Å². The Bertz CT molecular complexity index is 381. The monoisotopic (exact) mass is 232 g/mol. The zero-order valence-corrected chi connectivity index (χ0v) is 10.6. The molecule has 0 aromatic carbocycles. The molecule has 0 aliphatic heterocycles. The number of aromatic nitrogens is 2. The molecule has 4 nitrogen and oxygen atoms in total. The van der Waals surface area contributed by atoms with E-state index in [0.717, 1.165) is 30.2 Å². The summed E-state index contributed by atoms with van der Waals surface area (Å²) in [5.41, 5.74) is 2.12. The van der Waals surface area contributed by atoms with Gasteiger partial charge in [-0.25, -0.2) is 4.98 Å². The summed E-state index contributed by atoms with van der Waals surface area (Å²) in [6.45, 7) is 7.54. The number of likely N-dealkylation sites (N-methyl/N-ethyl adjacent to an activating group) is 1. The first kappa shape index (κ1) is 12.0. The Morgan fingerprint density at radius 2 is 2.24 bits per heavy atom. The fourth-order valence-corrected chi connectivity index (χ4v) is 1.66. The molecule has 4 heteroatoms. The second kappa shape index (κ2) is 5.27. The molecule has 0 bridgehead atoms. The first-order valence-corrected chi connectivity index (χ1v) is 6.05. The molecule has 0 unspecified atom stereocenters. The van der Waals surface area contributed by atoms with Gasteiger partial charge < -0.3 is 10.2 Å². The van der Waals surface area contributed by atoms with Crippen molar-refractivity contribution in [1.82, 2.24) is 15.3 Å². The van der Waals surface area contributed by atoms with E-state index in [0.29, 0.717) is 6.04 Å². The Labute approximate surface area is 103 Å². The Morgan fingerprint density at radius 1 is 1.47 bits per heavy atom. The van der Waals surface area contributed by atoms with Gasteiger partial charge in [0, 0.05) is 26.2 Å². The summed E-state index contributed by atoms with van der Waals surface area (Å²) in [5, 5.41) is 3.42. The van der Waals surface area contributed by atoms with Gasteiger partial charge in [-0.05, 0) is 19.8 Å². The first-order valence-electron chi connectivity index (χ1n) is 6.05. The van der Waals surface area contributed by atoms with Crippen LogP contribution < -0.4 is 10.2 Å². The van der Waals surface area contributed by atoms with Crippen molar-refractivity contribution in [2.45, 2.75) is 32.4 Å². The largest absolute Gasteiger partial charge is 0.354 e. The molecule has 1 N–H and O–H groups in total. The summed E-state index contributed by atoms with van der Waals surface area (Å²) in [5.74, 6) is 0.892. The normalized spacial score (nSPS) is 14.7. The average Bonchev–Trinajstić information content (AvgIpc) is 3.10. The Balaban J connectivity index is 1.89. The van der Waals surface area contributed by atoms with E-state index in [9.17, 15) is 0 Å². The van der Waals surface area contributed by atoms with E-state index in [2.05, 4.69) is 21.9 Å². The molecule has 0 saturated heterocycles. The van der Waals surface area contributed by atoms with Crippen molar-refractivity contribution in [3.8, 4) is 0 Å². The summed E-state index contributed by atoms with van der Waals surface area (Å²) >= 11 is 0. The number of hydrogen-bond donors (Lipinski definition) is 1. The van der Waals surface area contributed by atoms with Crippen molar-refractivity contribution >= 4 is 5.82 Å². The third kappa shape index (κ3) is 3.82. The molecule has 1 aromatic heterocycles. The first-order chi connectivity index (χ1) is 8.15. The van der Waals surface area contributed by atoms with Crippen LogP contribution in [0.4, 0.5) is 5.82 Å². The summed E-state index contributed by atoms with van der Waals surface area (Å²) in [7, 11) is 2.00. The van der Waals surface area contributed by atoms with Gasteiger partial charge in [-0.2, -0.15) is 0 Å². The zero-order chi connectivity index (χ0) is 12.3. The van der Waals surface area contributed by atoms with Crippen LogP contribution in [-0.2, 0) is 6.54 Å². The third-order valence-electron chi connectivity index (χ3n) is 2.74. The highest BCUT2D eigenvalue weighted by atomic mass is 15.2. The van der Waals surface area contributed by atoms with E-state index in [1.165, 1.54) is 12.8 Å². The van der Waals surface area contributed by atoms with Crippen LogP contribution in [0.25, 0.3) is 0 Å². The quantitative estimate of drug-likeness (QED) is 0.759. The van der Waals surface area contributed by atoms with Gasteiger partial charge in [-0.1, -0.05) is 12.2 Å². The molecule has 1 aromatic rings. The van der Waals surface area contributed by atoms with Crippen LogP contribution in [0.5, 0.6) is 0 Å². The van der Waals surface area contributed by atoms with Crippen LogP contribution in [0, 0.1) is 0 Å². The van der Waals surface area contributed by atoms with Gasteiger partial charge >= 0.3 is 0 Å². The van der Waals surface area contributed by atoms with E-state index in [4.69, 9.17) is 0 Å². The topological polar surface area (TPSA) is 41.1 Å². The van der Waals surface area contributed by atoms with Gasteiger partial charge in [-0.15, -0.1) is 0 Å². The molecule has 0 spiro atoms. The van der Waals surface area contributed by atoms with Crippen molar-refractivity contribution in [2.24, 2.45) is 0 Å².